The van der Waals surface area contributed by atoms with E-state index in [9.17, 15) is 10.1 Å². The summed E-state index contributed by atoms with van der Waals surface area (Å²) in [7, 11) is 2.09. The van der Waals surface area contributed by atoms with Crippen molar-refractivity contribution in [1.29, 1.82) is 5.26 Å². The van der Waals surface area contributed by atoms with Crippen LogP contribution in [0, 0.1) is 21.4 Å². The first-order valence-electron chi connectivity index (χ1n) is 7.81. The number of non-ortho nitro benzene ring substituents is 1. The summed E-state index contributed by atoms with van der Waals surface area (Å²) in [5, 5.41) is 20.1. The molecule has 2 aromatic rings. The number of rotatable bonds is 3. The van der Waals surface area contributed by atoms with Crippen molar-refractivity contribution in [2.24, 2.45) is 0 Å². The van der Waals surface area contributed by atoms with Gasteiger partial charge in [0, 0.05) is 49.6 Å². The maximum atomic E-state index is 11.2. The second kappa shape index (κ2) is 6.69. The summed E-state index contributed by atoms with van der Waals surface area (Å²) in [6.07, 6.45) is 0. The van der Waals surface area contributed by atoms with Crippen molar-refractivity contribution < 1.29 is 4.92 Å². The van der Waals surface area contributed by atoms with Crippen LogP contribution in [0.3, 0.4) is 0 Å². The number of nitrogens with zero attached hydrogens (tertiary/aromatic N) is 4. The second-order valence-electron chi connectivity index (χ2n) is 5.94. The minimum atomic E-state index is -0.374. The SMILES string of the molecule is CN1CCN(c2ccc([N+](=O)[O-])cc2-c2ccc(C#N)cc2)CC1. The quantitative estimate of drug-likeness (QED) is 0.642. The highest BCUT2D eigenvalue weighted by atomic mass is 16.6. The summed E-state index contributed by atoms with van der Waals surface area (Å²) in [6.45, 7) is 3.70. The molecule has 6 nitrogen and oxygen atoms in total. The summed E-state index contributed by atoms with van der Waals surface area (Å²) >= 11 is 0. The zero-order chi connectivity index (χ0) is 17.1. The maximum absolute atomic E-state index is 11.2. The molecule has 1 saturated heterocycles. The maximum Gasteiger partial charge on any atom is 0.270 e. The van der Waals surface area contributed by atoms with Gasteiger partial charge in [-0.05, 0) is 30.8 Å². The lowest BCUT2D eigenvalue weighted by Crippen LogP contribution is -2.44. The smallest absolute Gasteiger partial charge is 0.270 e. The first kappa shape index (κ1) is 16.0. The first-order chi connectivity index (χ1) is 11.6. The van der Waals surface area contributed by atoms with Crippen LogP contribution in [0.25, 0.3) is 11.1 Å². The molecule has 1 aliphatic heterocycles. The second-order valence-corrected chi connectivity index (χ2v) is 5.94. The summed E-state index contributed by atoms with van der Waals surface area (Å²) in [5.74, 6) is 0. The van der Waals surface area contributed by atoms with Gasteiger partial charge in [-0.15, -0.1) is 0 Å². The van der Waals surface area contributed by atoms with Crippen molar-refractivity contribution in [2.75, 3.05) is 38.1 Å². The highest BCUT2D eigenvalue weighted by Gasteiger charge is 2.20. The highest BCUT2D eigenvalue weighted by molar-refractivity contribution is 5.81. The molecule has 0 unspecified atom stereocenters. The van der Waals surface area contributed by atoms with E-state index in [0.717, 1.165) is 43.0 Å². The molecule has 2 aromatic carbocycles. The minimum absolute atomic E-state index is 0.0761. The van der Waals surface area contributed by atoms with Crippen molar-refractivity contribution in [3.05, 3.63) is 58.1 Å². The normalized spacial score (nSPS) is 15.1. The van der Waals surface area contributed by atoms with Crippen LogP contribution in [0.2, 0.25) is 0 Å². The van der Waals surface area contributed by atoms with Gasteiger partial charge >= 0.3 is 0 Å². The van der Waals surface area contributed by atoms with E-state index in [1.54, 1.807) is 24.3 Å². The number of nitro benzene ring substituents is 1. The van der Waals surface area contributed by atoms with Crippen LogP contribution in [0.4, 0.5) is 11.4 Å². The zero-order valence-corrected chi connectivity index (χ0v) is 13.5. The number of hydrogen-bond donors (Lipinski definition) is 0. The van der Waals surface area contributed by atoms with Gasteiger partial charge in [0.15, 0.2) is 0 Å². The van der Waals surface area contributed by atoms with E-state index < -0.39 is 0 Å². The van der Waals surface area contributed by atoms with E-state index in [4.69, 9.17) is 5.26 Å². The first-order valence-corrected chi connectivity index (χ1v) is 7.81. The van der Waals surface area contributed by atoms with Crippen LogP contribution in [0.5, 0.6) is 0 Å². The Hall–Kier alpha value is -2.91. The van der Waals surface area contributed by atoms with Gasteiger partial charge in [-0.2, -0.15) is 5.26 Å². The summed E-state index contributed by atoms with van der Waals surface area (Å²) in [5.41, 5.74) is 3.36. The molecule has 0 amide bonds. The van der Waals surface area contributed by atoms with Gasteiger partial charge in [0.1, 0.15) is 0 Å². The third kappa shape index (κ3) is 3.21. The van der Waals surface area contributed by atoms with Crippen LogP contribution >= 0.6 is 0 Å². The lowest BCUT2D eigenvalue weighted by atomic mass is 10.0. The minimum Gasteiger partial charge on any atom is -0.368 e. The molecule has 1 fully saturated rings. The van der Waals surface area contributed by atoms with Crippen LogP contribution in [0.1, 0.15) is 5.56 Å². The lowest BCUT2D eigenvalue weighted by molar-refractivity contribution is -0.384. The number of anilines is 1. The summed E-state index contributed by atoms with van der Waals surface area (Å²) in [4.78, 5) is 15.3. The number of benzene rings is 2. The molecule has 0 N–H and O–H groups in total. The number of likely N-dealkylation sites (N-methyl/N-ethyl adjacent to an activating group) is 1. The average Bonchev–Trinajstić information content (AvgIpc) is 2.62. The Balaban J connectivity index is 2.04. The Morgan fingerprint density at radius 3 is 2.33 bits per heavy atom. The predicted molar refractivity (Wildman–Crippen MR) is 93.0 cm³/mol. The molecule has 6 heteroatoms. The fourth-order valence-corrected chi connectivity index (χ4v) is 2.92. The molecule has 0 saturated carbocycles. The molecular weight excluding hydrogens is 304 g/mol. The Bertz CT molecular complexity index is 788. The molecule has 24 heavy (non-hydrogen) atoms. The largest absolute Gasteiger partial charge is 0.368 e. The highest BCUT2D eigenvalue weighted by Crippen LogP contribution is 2.34. The molecule has 1 heterocycles. The van der Waals surface area contributed by atoms with Crippen molar-refractivity contribution in [3.8, 4) is 17.2 Å². The van der Waals surface area contributed by atoms with E-state index in [1.807, 2.05) is 18.2 Å². The predicted octanol–water partition coefficient (Wildman–Crippen LogP) is 2.89. The summed E-state index contributed by atoms with van der Waals surface area (Å²) in [6, 6.07) is 14.3. The van der Waals surface area contributed by atoms with Gasteiger partial charge in [-0.1, -0.05) is 12.1 Å². The Kier molecular flexibility index (Phi) is 4.45. The number of hydrogen-bond acceptors (Lipinski definition) is 5. The Morgan fingerprint density at radius 1 is 1.08 bits per heavy atom. The van der Waals surface area contributed by atoms with Crippen LogP contribution < -0.4 is 4.90 Å². The molecule has 0 spiro atoms. The molecule has 0 bridgehead atoms. The van der Waals surface area contributed by atoms with Crippen LogP contribution in [-0.2, 0) is 0 Å². The molecular formula is C18H18N4O2. The average molecular weight is 322 g/mol. The fourth-order valence-electron chi connectivity index (χ4n) is 2.92. The van der Waals surface area contributed by atoms with Gasteiger partial charge in [0.05, 0.1) is 16.6 Å². The van der Waals surface area contributed by atoms with E-state index in [1.165, 1.54) is 0 Å². The molecule has 0 aliphatic carbocycles. The molecule has 0 atom stereocenters. The van der Waals surface area contributed by atoms with Crippen LogP contribution in [-0.4, -0.2) is 43.0 Å². The fraction of sp³-hybridized carbons (Fsp3) is 0.278. The van der Waals surface area contributed by atoms with E-state index >= 15 is 0 Å². The van der Waals surface area contributed by atoms with Crippen molar-refractivity contribution in [3.63, 3.8) is 0 Å². The van der Waals surface area contributed by atoms with Gasteiger partial charge < -0.3 is 9.80 Å². The van der Waals surface area contributed by atoms with Gasteiger partial charge in [-0.3, -0.25) is 10.1 Å². The van der Waals surface area contributed by atoms with Gasteiger partial charge in [0.25, 0.3) is 5.69 Å². The zero-order valence-electron chi connectivity index (χ0n) is 13.5. The van der Waals surface area contributed by atoms with Gasteiger partial charge in [-0.25, -0.2) is 0 Å². The third-order valence-electron chi connectivity index (χ3n) is 4.36. The Morgan fingerprint density at radius 2 is 1.75 bits per heavy atom. The molecule has 0 aromatic heterocycles. The third-order valence-corrected chi connectivity index (χ3v) is 4.36. The van der Waals surface area contributed by atoms with Crippen molar-refractivity contribution in [2.45, 2.75) is 0 Å². The van der Waals surface area contributed by atoms with Gasteiger partial charge in [0.2, 0.25) is 0 Å². The number of nitro groups is 1. The standard InChI is InChI=1S/C18H18N4O2/c1-20-8-10-21(11-9-20)18-7-6-16(22(23)24)12-17(18)15-4-2-14(13-19)3-5-15/h2-7,12H,8-11H2,1H3. The molecule has 1 aliphatic rings. The van der Waals surface area contributed by atoms with E-state index in [-0.39, 0.29) is 10.6 Å². The molecule has 122 valence electrons. The lowest BCUT2D eigenvalue weighted by Gasteiger charge is -2.35. The van der Waals surface area contributed by atoms with E-state index in [2.05, 4.69) is 22.9 Å². The number of piperazine rings is 1. The molecule has 3 rings (SSSR count). The summed E-state index contributed by atoms with van der Waals surface area (Å²) < 4.78 is 0. The van der Waals surface area contributed by atoms with Crippen LogP contribution in [0.15, 0.2) is 42.5 Å². The van der Waals surface area contributed by atoms with Crippen molar-refractivity contribution in [1.82, 2.24) is 4.90 Å². The Labute approximate surface area is 140 Å². The topological polar surface area (TPSA) is 73.4 Å². The van der Waals surface area contributed by atoms with Crippen molar-refractivity contribution >= 4 is 11.4 Å². The number of nitriles is 1. The molecule has 0 radical (unpaired) electrons. The monoisotopic (exact) mass is 322 g/mol. The van der Waals surface area contributed by atoms with E-state index in [0.29, 0.717) is 5.56 Å².